The Labute approximate surface area is 169 Å². The van der Waals surface area contributed by atoms with Crippen LogP contribution in [-0.4, -0.2) is 49.0 Å². The van der Waals surface area contributed by atoms with Gasteiger partial charge in [0, 0.05) is 36.2 Å². The Bertz CT molecular complexity index is 1100. The maximum Gasteiger partial charge on any atom is 0.243 e. The van der Waals surface area contributed by atoms with Crippen molar-refractivity contribution in [1.29, 1.82) is 0 Å². The minimum atomic E-state index is -3.57. The molecule has 0 aliphatic carbocycles. The molecule has 0 amide bonds. The number of sulfonamides is 1. The van der Waals surface area contributed by atoms with Gasteiger partial charge in [-0.3, -0.25) is 0 Å². The van der Waals surface area contributed by atoms with Crippen molar-refractivity contribution in [3.8, 4) is 11.3 Å². The van der Waals surface area contributed by atoms with Gasteiger partial charge in [-0.05, 0) is 36.4 Å². The van der Waals surface area contributed by atoms with Gasteiger partial charge in [-0.25, -0.2) is 18.4 Å². The molecule has 1 aromatic heterocycles. The first-order valence-corrected chi connectivity index (χ1v) is 10.6. The molecule has 2 aromatic carbocycles. The van der Waals surface area contributed by atoms with Crippen LogP contribution in [0, 0.1) is 0 Å². The lowest BCUT2D eigenvalue weighted by molar-refractivity contribution is 0.0730. The van der Waals surface area contributed by atoms with Gasteiger partial charge in [0.1, 0.15) is 0 Å². The molecule has 0 unspecified atom stereocenters. The van der Waals surface area contributed by atoms with E-state index in [2.05, 4.69) is 15.3 Å². The van der Waals surface area contributed by atoms with Crippen LogP contribution in [0.25, 0.3) is 11.3 Å². The number of hydrogen-bond donors (Lipinski definition) is 2. The lowest BCUT2D eigenvalue weighted by atomic mass is 10.1. The maximum absolute atomic E-state index is 12.9. The van der Waals surface area contributed by atoms with Gasteiger partial charge in [-0.2, -0.15) is 4.31 Å². The van der Waals surface area contributed by atoms with Crippen LogP contribution >= 0.6 is 0 Å². The van der Waals surface area contributed by atoms with E-state index >= 15 is 0 Å². The Hall–Kier alpha value is -3.01. The van der Waals surface area contributed by atoms with Crippen molar-refractivity contribution in [2.45, 2.75) is 4.90 Å². The molecular weight excluding hydrogens is 390 g/mol. The van der Waals surface area contributed by atoms with E-state index < -0.39 is 10.0 Å². The van der Waals surface area contributed by atoms with E-state index in [9.17, 15) is 8.42 Å². The summed E-state index contributed by atoms with van der Waals surface area (Å²) in [6.45, 7) is 1.52. The molecule has 4 rings (SSSR count). The fraction of sp³-hybridized carbons (Fsp3) is 0.200. The van der Waals surface area contributed by atoms with E-state index in [-0.39, 0.29) is 4.90 Å². The number of benzene rings is 2. The van der Waals surface area contributed by atoms with Crippen LogP contribution in [-0.2, 0) is 14.8 Å². The number of ether oxygens (including phenoxy) is 1. The van der Waals surface area contributed by atoms with E-state index in [0.29, 0.717) is 43.6 Å². The van der Waals surface area contributed by atoms with Crippen molar-refractivity contribution >= 4 is 27.3 Å². The van der Waals surface area contributed by atoms with Gasteiger partial charge >= 0.3 is 0 Å². The Balaban J connectivity index is 1.57. The summed E-state index contributed by atoms with van der Waals surface area (Å²) >= 11 is 0. The molecule has 1 fully saturated rings. The fourth-order valence-electron chi connectivity index (χ4n) is 3.03. The van der Waals surface area contributed by atoms with Gasteiger partial charge < -0.3 is 15.8 Å². The molecule has 2 heterocycles. The summed E-state index contributed by atoms with van der Waals surface area (Å²) in [5.74, 6) is 0.375. The normalized spacial score (nSPS) is 15.2. The van der Waals surface area contributed by atoms with Crippen LogP contribution in [0.4, 0.5) is 17.3 Å². The average molecular weight is 411 g/mol. The van der Waals surface area contributed by atoms with Crippen LogP contribution in [0.3, 0.4) is 0 Å². The first kappa shape index (κ1) is 19.3. The second-order valence-electron chi connectivity index (χ2n) is 6.56. The smallest absolute Gasteiger partial charge is 0.243 e. The minimum absolute atomic E-state index is 0.221. The van der Waals surface area contributed by atoms with Crippen molar-refractivity contribution in [2.75, 3.05) is 37.4 Å². The summed E-state index contributed by atoms with van der Waals surface area (Å²) in [6, 6.07) is 15.8. The van der Waals surface area contributed by atoms with Crippen LogP contribution in [0.2, 0.25) is 0 Å². The van der Waals surface area contributed by atoms with Gasteiger partial charge in [-0.15, -0.1) is 0 Å². The molecule has 1 aliphatic heterocycles. The molecule has 0 spiro atoms. The molecule has 1 aliphatic rings. The summed E-state index contributed by atoms with van der Waals surface area (Å²) in [7, 11) is -3.57. The molecule has 8 nitrogen and oxygen atoms in total. The Morgan fingerprint density at radius 1 is 1.03 bits per heavy atom. The molecule has 150 valence electrons. The predicted octanol–water partition coefficient (Wildman–Crippen LogP) is 2.49. The Morgan fingerprint density at radius 2 is 1.79 bits per heavy atom. The predicted molar refractivity (Wildman–Crippen MR) is 111 cm³/mol. The van der Waals surface area contributed by atoms with Gasteiger partial charge in [-0.1, -0.05) is 18.2 Å². The average Bonchev–Trinajstić information content (AvgIpc) is 2.75. The molecule has 9 heteroatoms. The zero-order chi connectivity index (χ0) is 20.3. The number of hydrogen-bond acceptors (Lipinski definition) is 7. The largest absolute Gasteiger partial charge is 0.399 e. The van der Waals surface area contributed by atoms with Crippen LogP contribution in [0.5, 0.6) is 0 Å². The monoisotopic (exact) mass is 411 g/mol. The highest BCUT2D eigenvalue weighted by atomic mass is 32.2. The highest BCUT2D eigenvalue weighted by Crippen LogP contribution is 2.23. The minimum Gasteiger partial charge on any atom is -0.399 e. The number of aromatic nitrogens is 2. The number of nitrogens with two attached hydrogens (primary N) is 1. The van der Waals surface area contributed by atoms with E-state index in [1.54, 1.807) is 36.5 Å². The van der Waals surface area contributed by atoms with Crippen molar-refractivity contribution in [3.05, 3.63) is 60.8 Å². The van der Waals surface area contributed by atoms with Crippen LogP contribution < -0.4 is 11.1 Å². The van der Waals surface area contributed by atoms with Gasteiger partial charge in [0.05, 0.1) is 23.8 Å². The number of nitrogens with one attached hydrogen (secondary N) is 1. The first-order chi connectivity index (χ1) is 14.0. The van der Waals surface area contributed by atoms with Crippen LogP contribution in [0.1, 0.15) is 0 Å². The molecule has 29 heavy (non-hydrogen) atoms. The number of morpholine rings is 1. The summed E-state index contributed by atoms with van der Waals surface area (Å²) in [4.78, 5) is 8.97. The highest BCUT2D eigenvalue weighted by Gasteiger charge is 2.26. The molecule has 1 saturated heterocycles. The molecule has 0 atom stereocenters. The van der Waals surface area contributed by atoms with E-state index in [0.717, 1.165) is 11.3 Å². The van der Waals surface area contributed by atoms with E-state index in [4.69, 9.17) is 10.5 Å². The number of rotatable bonds is 5. The Kier molecular flexibility index (Phi) is 5.43. The fourth-order valence-corrected chi connectivity index (χ4v) is 4.49. The topological polar surface area (TPSA) is 110 Å². The number of anilines is 3. The maximum atomic E-state index is 12.9. The highest BCUT2D eigenvalue weighted by molar-refractivity contribution is 7.89. The van der Waals surface area contributed by atoms with Crippen LogP contribution in [0.15, 0.2) is 65.7 Å². The molecule has 3 aromatic rings. The van der Waals surface area contributed by atoms with Gasteiger partial charge in [0.25, 0.3) is 0 Å². The summed E-state index contributed by atoms with van der Waals surface area (Å²) in [5, 5.41) is 3.09. The lowest BCUT2D eigenvalue weighted by Crippen LogP contribution is -2.40. The van der Waals surface area contributed by atoms with Crippen molar-refractivity contribution in [2.24, 2.45) is 0 Å². The van der Waals surface area contributed by atoms with Gasteiger partial charge in [0.15, 0.2) is 0 Å². The standard InChI is InChI=1S/C20H21N5O3S/c21-16-6-4-15(5-7-16)19-8-9-22-20(24-19)23-17-2-1-3-18(14-17)29(26,27)25-10-12-28-13-11-25/h1-9,14H,10-13,21H2,(H,22,23,24). The summed E-state index contributed by atoms with van der Waals surface area (Å²) in [5.41, 5.74) is 8.65. The SMILES string of the molecule is Nc1ccc(-c2ccnc(Nc3cccc(S(=O)(=O)N4CCOCC4)c3)n2)cc1. The van der Waals surface area contributed by atoms with E-state index in [1.165, 1.54) is 4.31 Å². The molecule has 0 radical (unpaired) electrons. The third-order valence-corrected chi connectivity index (χ3v) is 6.45. The zero-order valence-corrected chi connectivity index (χ0v) is 16.5. The van der Waals surface area contributed by atoms with Crippen molar-refractivity contribution < 1.29 is 13.2 Å². The second-order valence-corrected chi connectivity index (χ2v) is 8.49. The molecule has 0 saturated carbocycles. The van der Waals surface area contributed by atoms with Gasteiger partial charge in [0.2, 0.25) is 16.0 Å². The third-order valence-electron chi connectivity index (χ3n) is 4.56. The summed E-state index contributed by atoms with van der Waals surface area (Å²) in [6.07, 6.45) is 1.65. The Morgan fingerprint density at radius 3 is 2.55 bits per heavy atom. The molecular formula is C20H21N5O3S. The third kappa shape index (κ3) is 4.37. The van der Waals surface area contributed by atoms with E-state index in [1.807, 2.05) is 24.3 Å². The molecule has 0 bridgehead atoms. The summed E-state index contributed by atoms with van der Waals surface area (Å²) < 4.78 is 32.4. The lowest BCUT2D eigenvalue weighted by Gasteiger charge is -2.26. The van der Waals surface area contributed by atoms with Crippen molar-refractivity contribution in [3.63, 3.8) is 0 Å². The van der Waals surface area contributed by atoms with Crippen molar-refractivity contribution in [1.82, 2.24) is 14.3 Å². The second kappa shape index (κ2) is 8.16. The number of nitrogen functional groups attached to an aromatic ring is 1. The zero-order valence-electron chi connectivity index (χ0n) is 15.7. The number of nitrogens with zero attached hydrogens (tertiary/aromatic N) is 3. The first-order valence-electron chi connectivity index (χ1n) is 9.16. The quantitative estimate of drug-likeness (QED) is 0.621. The molecule has 3 N–H and O–H groups in total.